The van der Waals surface area contributed by atoms with E-state index in [9.17, 15) is 9.59 Å². The molecule has 0 bridgehead atoms. The summed E-state index contributed by atoms with van der Waals surface area (Å²) >= 11 is 0. The van der Waals surface area contributed by atoms with Crippen LogP contribution in [0.4, 0.5) is 4.79 Å². The molecule has 0 spiro atoms. The van der Waals surface area contributed by atoms with E-state index in [4.69, 9.17) is 0 Å². The predicted molar refractivity (Wildman–Crippen MR) is 57.9 cm³/mol. The Morgan fingerprint density at radius 3 is 2.75 bits per heavy atom. The summed E-state index contributed by atoms with van der Waals surface area (Å²) in [4.78, 5) is 23.5. The first-order valence-corrected chi connectivity index (χ1v) is 5.10. The summed E-state index contributed by atoms with van der Waals surface area (Å²) < 4.78 is 0. The number of nitrogens with one attached hydrogen (secondary N) is 2. The van der Waals surface area contributed by atoms with E-state index in [1.807, 2.05) is 18.2 Å². The summed E-state index contributed by atoms with van der Waals surface area (Å²) in [6, 6.07) is 6.84. The van der Waals surface area contributed by atoms with Crippen molar-refractivity contribution in [3.05, 3.63) is 46.7 Å². The van der Waals surface area contributed by atoms with Crippen LogP contribution in [0.1, 0.15) is 28.9 Å². The van der Waals surface area contributed by atoms with Gasteiger partial charge in [-0.2, -0.15) is 0 Å². The van der Waals surface area contributed by atoms with Crippen LogP contribution in [-0.4, -0.2) is 11.8 Å². The molecule has 1 aromatic carbocycles. The Morgan fingerprint density at radius 1 is 1.19 bits per heavy atom. The quantitative estimate of drug-likeness (QED) is 0.687. The average Bonchev–Trinajstić information content (AvgIpc) is 2.54. The zero-order chi connectivity index (χ0) is 11.3. The maximum atomic E-state index is 12.1. The van der Waals surface area contributed by atoms with E-state index in [1.165, 1.54) is 0 Å². The Balaban J connectivity index is 2.25. The van der Waals surface area contributed by atoms with Crippen molar-refractivity contribution in [3.8, 4) is 0 Å². The highest BCUT2D eigenvalue weighted by Gasteiger charge is 2.39. The van der Waals surface area contributed by atoms with Gasteiger partial charge >= 0.3 is 6.03 Å². The van der Waals surface area contributed by atoms with Crippen molar-refractivity contribution in [1.29, 1.82) is 0 Å². The van der Waals surface area contributed by atoms with Crippen molar-refractivity contribution >= 4 is 11.8 Å². The monoisotopic (exact) mass is 214 g/mol. The highest BCUT2D eigenvalue weighted by Crippen LogP contribution is 2.37. The summed E-state index contributed by atoms with van der Waals surface area (Å²) in [5.74, 6) is 0.00519. The number of hydrogen-bond donors (Lipinski definition) is 2. The minimum atomic E-state index is -0.280. The van der Waals surface area contributed by atoms with E-state index in [0.717, 1.165) is 5.56 Å². The number of urea groups is 1. The maximum absolute atomic E-state index is 12.1. The summed E-state index contributed by atoms with van der Waals surface area (Å²) in [7, 11) is 0. The second kappa shape index (κ2) is 2.95. The van der Waals surface area contributed by atoms with Gasteiger partial charge < -0.3 is 10.6 Å². The van der Waals surface area contributed by atoms with Gasteiger partial charge in [0.1, 0.15) is 0 Å². The fraction of sp³-hybridized carbons (Fsp3) is 0.167. The third-order valence-electron chi connectivity index (χ3n) is 3.03. The first-order chi connectivity index (χ1) is 7.68. The molecule has 1 aromatic rings. The number of amides is 2. The molecule has 4 nitrogen and oxygen atoms in total. The second-order valence-electron chi connectivity index (χ2n) is 3.99. The molecule has 0 saturated carbocycles. The van der Waals surface area contributed by atoms with Gasteiger partial charge in [0.25, 0.3) is 0 Å². The van der Waals surface area contributed by atoms with Gasteiger partial charge in [0.15, 0.2) is 5.78 Å². The predicted octanol–water partition coefficient (Wildman–Crippen LogP) is 1.51. The SMILES string of the molecule is CC1=C2C(=O)c3ccccc3[C@H]2NC(=O)N1. The Morgan fingerprint density at radius 2 is 1.94 bits per heavy atom. The average molecular weight is 214 g/mol. The second-order valence-corrected chi connectivity index (χ2v) is 3.99. The highest BCUT2D eigenvalue weighted by atomic mass is 16.2. The molecule has 0 aromatic heterocycles. The van der Waals surface area contributed by atoms with Gasteiger partial charge in [0.05, 0.1) is 6.04 Å². The molecule has 0 fully saturated rings. The summed E-state index contributed by atoms with van der Waals surface area (Å²) in [6.45, 7) is 1.75. The van der Waals surface area contributed by atoms with E-state index >= 15 is 0 Å². The van der Waals surface area contributed by atoms with Crippen LogP contribution >= 0.6 is 0 Å². The van der Waals surface area contributed by atoms with Crippen molar-refractivity contribution in [1.82, 2.24) is 10.6 Å². The van der Waals surface area contributed by atoms with Crippen LogP contribution in [0.2, 0.25) is 0 Å². The number of benzene rings is 1. The van der Waals surface area contributed by atoms with Crippen LogP contribution in [0.5, 0.6) is 0 Å². The van der Waals surface area contributed by atoms with E-state index < -0.39 is 0 Å². The van der Waals surface area contributed by atoms with Crippen molar-refractivity contribution in [2.24, 2.45) is 0 Å². The molecule has 16 heavy (non-hydrogen) atoms. The lowest BCUT2D eigenvalue weighted by molar-refractivity contribution is 0.103. The van der Waals surface area contributed by atoms with Crippen molar-refractivity contribution in [2.75, 3.05) is 0 Å². The Hall–Kier alpha value is -2.10. The van der Waals surface area contributed by atoms with Crippen molar-refractivity contribution < 1.29 is 9.59 Å². The molecule has 1 atom stereocenters. The number of carbonyl (C=O) groups excluding carboxylic acids is 2. The number of hydrogen-bond acceptors (Lipinski definition) is 2. The molecule has 2 amide bonds. The molecular weight excluding hydrogens is 204 g/mol. The number of ketones is 1. The van der Waals surface area contributed by atoms with Crippen LogP contribution in [-0.2, 0) is 0 Å². The molecule has 4 heteroatoms. The molecule has 80 valence electrons. The topological polar surface area (TPSA) is 58.2 Å². The number of fused-ring (bicyclic) bond motifs is 3. The molecule has 3 rings (SSSR count). The van der Waals surface area contributed by atoms with Crippen LogP contribution < -0.4 is 10.6 Å². The number of allylic oxidation sites excluding steroid dienone is 1. The van der Waals surface area contributed by atoms with Crippen LogP contribution in [0, 0.1) is 0 Å². The molecule has 1 aliphatic carbocycles. The standard InChI is InChI=1S/C12H10N2O2/c1-6-9-10(14-12(16)13-6)7-4-2-3-5-8(7)11(9)15/h2-5,10H,1H3,(H2,13,14,16)/t10-/m1/s1. The van der Waals surface area contributed by atoms with Gasteiger partial charge in [-0.3, -0.25) is 4.79 Å². The van der Waals surface area contributed by atoms with E-state index in [-0.39, 0.29) is 17.9 Å². The zero-order valence-corrected chi connectivity index (χ0v) is 8.70. The smallest absolute Gasteiger partial charge is 0.319 e. The van der Waals surface area contributed by atoms with Crippen LogP contribution in [0.3, 0.4) is 0 Å². The fourth-order valence-corrected chi connectivity index (χ4v) is 2.33. The maximum Gasteiger partial charge on any atom is 0.319 e. The lowest BCUT2D eigenvalue weighted by atomic mass is 10.0. The Bertz CT molecular complexity index is 546. The van der Waals surface area contributed by atoms with Gasteiger partial charge in [0, 0.05) is 16.8 Å². The lowest BCUT2D eigenvalue weighted by Crippen LogP contribution is -2.42. The molecule has 1 aliphatic heterocycles. The highest BCUT2D eigenvalue weighted by molar-refractivity contribution is 6.15. The molecule has 1 heterocycles. The molecular formula is C12H10N2O2. The van der Waals surface area contributed by atoms with Crippen molar-refractivity contribution in [3.63, 3.8) is 0 Å². The normalized spacial score (nSPS) is 22.4. The Labute approximate surface area is 92.3 Å². The third-order valence-corrected chi connectivity index (χ3v) is 3.03. The van der Waals surface area contributed by atoms with Gasteiger partial charge in [-0.05, 0) is 12.5 Å². The fourth-order valence-electron chi connectivity index (χ4n) is 2.33. The Kier molecular flexibility index (Phi) is 1.68. The first-order valence-electron chi connectivity index (χ1n) is 5.10. The van der Waals surface area contributed by atoms with Crippen molar-refractivity contribution in [2.45, 2.75) is 13.0 Å². The van der Waals surface area contributed by atoms with E-state index in [1.54, 1.807) is 13.0 Å². The molecule has 2 aliphatic rings. The zero-order valence-electron chi connectivity index (χ0n) is 8.70. The molecule has 0 radical (unpaired) electrons. The minimum Gasteiger partial charge on any atom is -0.327 e. The molecule has 0 saturated heterocycles. The molecule has 0 unspecified atom stereocenters. The van der Waals surface area contributed by atoms with Gasteiger partial charge in [-0.25, -0.2) is 4.79 Å². The summed E-state index contributed by atoms with van der Waals surface area (Å²) in [6.07, 6.45) is 0. The van der Waals surface area contributed by atoms with Gasteiger partial charge in [-0.15, -0.1) is 0 Å². The van der Waals surface area contributed by atoms with E-state index in [2.05, 4.69) is 10.6 Å². The summed E-state index contributed by atoms with van der Waals surface area (Å²) in [5.41, 5.74) is 2.87. The van der Waals surface area contributed by atoms with Gasteiger partial charge in [-0.1, -0.05) is 24.3 Å². The third kappa shape index (κ3) is 1.04. The number of Topliss-reactive ketones (excluding diaryl/α,β-unsaturated/α-hetero) is 1. The number of carbonyl (C=O) groups is 2. The first kappa shape index (κ1) is 9.15. The van der Waals surface area contributed by atoms with Crippen LogP contribution in [0.15, 0.2) is 35.5 Å². The van der Waals surface area contributed by atoms with Gasteiger partial charge in [0.2, 0.25) is 0 Å². The largest absolute Gasteiger partial charge is 0.327 e. The molecule has 2 N–H and O–H groups in total. The lowest BCUT2D eigenvalue weighted by Gasteiger charge is -2.23. The summed E-state index contributed by atoms with van der Waals surface area (Å²) in [5, 5.41) is 5.39. The minimum absolute atomic E-state index is 0.00519. The number of rotatable bonds is 0. The van der Waals surface area contributed by atoms with E-state index in [0.29, 0.717) is 16.8 Å². The van der Waals surface area contributed by atoms with Crippen LogP contribution in [0.25, 0.3) is 0 Å².